The third kappa shape index (κ3) is 20.2. The Labute approximate surface area is 403 Å². The number of phenols is 1. The zero-order valence-corrected chi connectivity index (χ0v) is 40.0. The Morgan fingerprint density at radius 2 is 1.29 bits per heavy atom. The number of carbonyl (C=O) groups excluding carboxylic acids is 8. The van der Waals surface area contributed by atoms with Crippen molar-refractivity contribution in [2.24, 2.45) is 17.4 Å². The van der Waals surface area contributed by atoms with Crippen LogP contribution in [0.3, 0.4) is 0 Å². The predicted octanol–water partition coefficient (Wildman–Crippen LogP) is -0.415. The van der Waals surface area contributed by atoms with Crippen LogP contribution >= 0.6 is 0 Å². The maximum absolute atomic E-state index is 14.4. The second-order valence-electron chi connectivity index (χ2n) is 17.7. The Morgan fingerprint density at radius 3 is 1.88 bits per heavy atom. The van der Waals surface area contributed by atoms with E-state index >= 15 is 0 Å². The lowest BCUT2D eigenvalue weighted by atomic mass is 10.0. The molecule has 2 aromatic carbocycles. The summed E-state index contributed by atoms with van der Waals surface area (Å²) in [6.45, 7) is 7.40. The summed E-state index contributed by atoms with van der Waals surface area (Å²) < 4.78 is 0. The van der Waals surface area contributed by atoms with Crippen molar-refractivity contribution in [2.45, 2.75) is 127 Å². The highest BCUT2D eigenvalue weighted by Gasteiger charge is 2.37. The van der Waals surface area contributed by atoms with Gasteiger partial charge in [0.05, 0.1) is 25.1 Å². The molecule has 20 nitrogen and oxygen atoms in total. The van der Waals surface area contributed by atoms with Crippen molar-refractivity contribution >= 4 is 47.6 Å². The van der Waals surface area contributed by atoms with Crippen LogP contribution in [-0.4, -0.2) is 136 Å². The maximum atomic E-state index is 14.4. The number of likely N-dealkylation sites (N-methyl/N-ethyl adjacent to an activating group) is 1. The van der Waals surface area contributed by atoms with Crippen molar-refractivity contribution in [3.05, 3.63) is 95.8 Å². The summed E-state index contributed by atoms with van der Waals surface area (Å²) in [5, 5.41) is 36.6. The van der Waals surface area contributed by atoms with Crippen LogP contribution in [0.15, 0.2) is 79.1 Å². The van der Waals surface area contributed by atoms with E-state index in [0.717, 1.165) is 23.4 Å². The highest BCUT2D eigenvalue weighted by atomic mass is 16.3. The number of aromatic hydroxyl groups is 1. The van der Waals surface area contributed by atoms with Gasteiger partial charge in [0, 0.05) is 38.3 Å². The van der Waals surface area contributed by atoms with Crippen molar-refractivity contribution in [3.63, 3.8) is 0 Å². The van der Waals surface area contributed by atoms with E-state index in [2.05, 4.69) is 36.9 Å². The first-order valence-electron chi connectivity index (χ1n) is 23.1. The lowest BCUT2D eigenvalue weighted by Crippen LogP contribution is -2.61. The molecule has 0 aliphatic carbocycles. The molecule has 20 heteroatoms. The summed E-state index contributed by atoms with van der Waals surface area (Å²) in [5.41, 5.74) is 13.5. The van der Waals surface area contributed by atoms with Crippen LogP contribution in [0.25, 0.3) is 0 Å². The number of primary amides is 1. The number of aliphatic hydroxyl groups is 1. The largest absolute Gasteiger partial charge is 0.508 e. The molecule has 1 heterocycles. The average Bonchev–Trinajstić information content (AvgIpc) is 3.31. The van der Waals surface area contributed by atoms with Gasteiger partial charge in [-0.15, -0.1) is 0 Å². The molecule has 12 N–H and O–H groups in total. The monoisotopic (exact) mass is 958 g/mol. The molecule has 0 spiro atoms. The smallest absolute Gasteiger partial charge is 0.247 e. The lowest BCUT2D eigenvalue weighted by Gasteiger charge is -2.32. The standard InChI is InChI=1S/C49H69N10O10/c1-30(2)22-38(45(65)54-35(28-60)15-9-10-21-53-31(3)4)56-47(67)40(26-43(51)63)57-48(68)42(25-33-16-18-36(62)19-17-33)59(5)49(69)41(29-61)58-46(66)39(24-34-14-11-20-52-27-34)55-44(64)37(50)23-32-12-7-6-8-13-32/h6-8,11-14,16-20,27,30-31,35,37-42,53,61-62H,9-10,15,21-26,29,50H2,1-5H3,(H2,51,63)(H,54,65)(H,55,64)(H,56,67)(H,57,68)(H,58,66)/t35-,37-,38-,39+,40+,41-,42-/m0/s1. The van der Waals surface area contributed by atoms with Gasteiger partial charge in [0.1, 0.15) is 36.0 Å². The Kier molecular flexibility index (Phi) is 23.9. The normalized spacial score (nSPS) is 14.2. The molecule has 0 saturated heterocycles. The summed E-state index contributed by atoms with van der Waals surface area (Å²) >= 11 is 0. The lowest BCUT2D eigenvalue weighted by molar-refractivity contribution is -0.144. The highest BCUT2D eigenvalue weighted by molar-refractivity contribution is 5.98. The topological polar surface area (TPSA) is 317 Å². The molecular weight excluding hydrogens is 889 g/mol. The molecule has 0 saturated carbocycles. The Balaban J connectivity index is 1.86. The molecular formula is C49H69N10O10. The summed E-state index contributed by atoms with van der Waals surface area (Å²) in [5.74, 6) is -6.31. The van der Waals surface area contributed by atoms with Crippen LogP contribution in [0.5, 0.6) is 5.75 Å². The fourth-order valence-corrected chi connectivity index (χ4v) is 7.27. The molecule has 7 amide bonds. The average molecular weight is 958 g/mol. The minimum atomic E-state index is -1.67. The summed E-state index contributed by atoms with van der Waals surface area (Å²) in [4.78, 5) is 113. The zero-order valence-electron chi connectivity index (χ0n) is 40.0. The molecule has 0 unspecified atom stereocenters. The van der Waals surface area contributed by atoms with Crippen LogP contribution < -0.4 is 43.4 Å². The first-order chi connectivity index (χ1) is 32.8. The number of unbranched alkanes of at least 4 members (excludes halogenated alkanes) is 1. The van der Waals surface area contributed by atoms with Crippen LogP contribution in [-0.2, 0) is 57.6 Å². The van der Waals surface area contributed by atoms with Crippen LogP contribution in [0.2, 0.25) is 0 Å². The number of benzene rings is 2. The van der Waals surface area contributed by atoms with Gasteiger partial charge < -0.3 is 58.5 Å². The van der Waals surface area contributed by atoms with E-state index in [0.29, 0.717) is 24.0 Å². The van der Waals surface area contributed by atoms with Crippen molar-refractivity contribution in [2.75, 3.05) is 20.2 Å². The number of nitrogens with one attached hydrogen (secondary N) is 6. The second kappa shape index (κ2) is 29.2. The molecule has 0 aliphatic rings. The predicted molar refractivity (Wildman–Crippen MR) is 257 cm³/mol. The molecule has 3 rings (SSSR count). The summed E-state index contributed by atoms with van der Waals surface area (Å²) in [6.07, 6.45) is 5.76. The van der Waals surface area contributed by atoms with Crippen molar-refractivity contribution in [1.29, 1.82) is 0 Å². The van der Waals surface area contributed by atoms with Gasteiger partial charge in [0.2, 0.25) is 47.6 Å². The number of aliphatic hydroxyl groups excluding tert-OH is 1. The van der Waals surface area contributed by atoms with E-state index in [9.17, 15) is 48.6 Å². The minimum absolute atomic E-state index is 0.0763. The Hall–Kier alpha value is -6.77. The molecule has 0 fully saturated rings. The first kappa shape index (κ1) is 56.6. The van der Waals surface area contributed by atoms with E-state index in [4.69, 9.17) is 11.5 Å². The molecule has 69 heavy (non-hydrogen) atoms. The van der Waals surface area contributed by atoms with Gasteiger partial charge in [-0.2, -0.15) is 0 Å². The number of amides is 7. The second-order valence-corrected chi connectivity index (χ2v) is 17.7. The number of aromatic nitrogens is 1. The van der Waals surface area contributed by atoms with Crippen LogP contribution in [0, 0.1) is 5.92 Å². The molecule has 1 radical (unpaired) electrons. The number of nitrogens with zero attached hydrogens (tertiary/aromatic N) is 2. The van der Waals surface area contributed by atoms with Gasteiger partial charge >= 0.3 is 0 Å². The number of hydrogen-bond donors (Lipinski definition) is 10. The molecule has 0 bridgehead atoms. The molecule has 3 aromatic rings. The van der Waals surface area contributed by atoms with Gasteiger partial charge in [-0.1, -0.05) is 76.2 Å². The fraction of sp³-hybridized carbons (Fsp3) is 0.490. The SMILES string of the molecule is CC(C)C[C@H](NC(=O)[C@@H](CC(N)=O)NC(=O)[C@H](Cc1ccc(O)cc1)N(C)C(=O)[C@H](CO)NC(=O)[C@@H](Cc1cccnc1)NC(=O)[C@@H](N)Cc1ccccc1)C(=O)N[C@H]([C]=O)CCCCNC(C)C. The molecule has 1 aromatic heterocycles. The van der Waals surface area contributed by atoms with Gasteiger partial charge in [0.15, 0.2) is 0 Å². The molecule has 375 valence electrons. The van der Waals surface area contributed by atoms with Crippen molar-refractivity contribution in [3.8, 4) is 5.75 Å². The van der Waals surface area contributed by atoms with Gasteiger partial charge in [-0.3, -0.25) is 43.3 Å². The number of rotatable bonds is 30. The molecule has 7 atom stereocenters. The number of hydrogen-bond acceptors (Lipinski definition) is 13. The Bertz CT molecular complexity index is 2130. The van der Waals surface area contributed by atoms with Gasteiger partial charge in [0.25, 0.3) is 0 Å². The van der Waals surface area contributed by atoms with Gasteiger partial charge in [-0.05, 0) is 79.5 Å². The Morgan fingerprint density at radius 1 is 0.696 bits per heavy atom. The maximum Gasteiger partial charge on any atom is 0.247 e. The van der Waals surface area contributed by atoms with Crippen molar-refractivity contribution < 1.29 is 48.6 Å². The third-order valence-electron chi connectivity index (χ3n) is 11.0. The zero-order chi connectivity index (χ0) is 51.0. The number of pyridine rings is 1. The van der Waals surface area contributed by atoms with E-state index in [1.165, 1.54) is 43.7 Å². The van der Waals surface area contributed by atoms with Crippen molar-refractivity contribution in [1.82, 2.24) is 41.8 Å². The van der Waals surface area contributed by atoms with Crippen LogP contribution in [0.1, 0.15) is 76.5 Å². The fourth-order valence-electron chi connectivity index (χ4n) is 7.27. The summed E-state index contributed by atoms with van der Waals surface area (Å²) in [7, 11) is 1.23. The number of carbonyl (C=O) groups is 7. The first-order valence-corrected chi connectivity index (χ1v) is 23.1. The van der Waals surface area contributed by atoms with E-state index < -0.39 is 96.7 Å². The van der Waals surface area contributed by atoms with E-state index in [1.54, 1.807) is 36.4 Å². The van der Waals surface area contributed by atoms with Crippen LogP contribution in [0.4, 0.5) is 0 Å². The van der Waals surface area contributed by atoms with E-state index in [1.807, 2.05) is 40.0 Å². The molecule has 0 aliphatic heterocycles. The minimum Gasteiger partial charge on any atom is -0.508 e. The number of phenolic OH excluding ortho intramolecular Hbond substituents is 1. The third-order valence-corrected chi connectivity index (χ3v) is 11.0. The van der Waals surface area contributed by atoms with E-state index in [-0.39, 0.29) is 43.4 Å². The quantitative estimate of drug-likeness (QED) is 0.0381. The number of nitrogens with two attached hydrogens (primary N) is 2. The van der Waals surface area contributed by atoms with Gasteiger partial charge in [-0.25, -0.2) is 0 Å². The highest BCUT2D eigenvalue weighted by Crippen LogP contribution is 2.16. The summed E-state index contributed by atoms with van der Waals surface area (Å²) in [6, 6.07) is 8.95.